The van der Waals surface area contributed by atoms with Crippen molar-refractivity contribution in [1.82, 2.24) is 35.1 Å². The van der Waals surface area contributed by atoms with Crippen LogP contribution in [0.2, 0.25) is 0 Å². The number of pyridine rings is 3. The molecule has 7 rings (SSSR count). The van der Waals surface area contributed by atoms with Crippen LogP contribution in [-0.4, -0.2) is 41.0 Å². The monoisotopic (exact) mass is 558 g/mol. The van der Waals surface area contributed by atoms with Gasteiger partial charge in [-0.2, -0.15) is 5.10 Å². The summed E-state index contributed by atoms with van der Waals surface area (Å²) >= 11 is 0. The van der Waals surface area contributed by atoms with Gasteiger partial charge in [0, 0.05) is 23.5 Å². The SMILES string of the molecule is O=C(Cc1ccccc1)Nc1cncc(-c2ncc3[nH]nc(-c4nc5nccc(-c6ccc(F)cc6)c5[nH]4)c3c2F)c1. The van der Waals surface area contributed by atoms with Crippen molar-refractivity contribution in [3.05, 3.63) is 109 Å². The molecule has 0 saturated carbocycles. The van der Waals surface area contributed by atoms with Gasteiger partial charge in [0.1, 0.15) is 17.2 Å². The van der Waals surface area contributed by atoms with Crippen molar-refractivity contribution in [3.63, 3.8) is 0 Å². The average Bonchev–Trinajstić information content (AvgIpc) is 3.63. The van der Waals surface area contributed by atoms with Gasteiger partial charge in [-0.05, 0) is 35.4 Å². The predicted octanol–water partition coefficient (Wildman–Crippen LogP) is 6.08. The number of benzene rings is 2. The van der Waals surface area contributed by atoms with E-state index in [-0.39, 0.29) is 34.9 Å². The van der Waals surface area contributed by atoms with Crippen LogP contribution in [0.3, 0.4) is 0 Å². The van der Waals surface area contributed by atoms with Crippen LogP contribution in [0.1, 0.15) is 5.56 Å². The molecule has 7 aromatic rings. The molecule has 5 heterocycles. The summed E-state index contributed by atoms with van der Waals surface area (Å²) in [6, 6.07) is 18.9. The van der Waals surface area contributed by atoms with Gasteiger partial charge in [0.2, 0.25) is 5.91 Å². The van der Waals surface area contributed by atoms with Crippen LogP contribution in [0.25, 0.3) is 56.0 Å². The van der Waals surface area contributed by atoms with E-state index in [0.717, 1.165) is 16.7 Å². The fourth-order valence-corrected chi connectivity index (χ4v) is 4.87. The number of amides is 1. The number of H-pyrrole nitrogens is 2. The van der Waals surface area contributed by atoms with Gasteiger partial charge in [0.05, 0.1) is 40.9 Å². The van der Waals surface area contributed by atoms with Gasteiger partial charge < -0.3 is 10.3 Å². The summed E-state index contributed by atoms with van der Waals surface area (Å²) in [5, 5.41) is 10.1. The summed E-state index contributed by atoms with van der Waals surface area (Å²) < 4.78 is 29.6. The molecule has 204 valence electrons. The fourth-order valence-electron chi connectivity index (χ4n) is 4.87. The number of fused-ring (bicyclic) bond motifs is 2. The lowest BCUT2D eigenvalue weighted by Crippen LogP contribution is -2.14. The van der Waals surface area contributed by atoms with E-state index in [0.29, 0.717) is 33.8 Å². The van der Waals surface area contributed by atoms with E-state index >= 15 is 4.39 Å². The van der Waals surface area contributed by atoms with E-state index in [1.165, 1.54) is 30.7 Å². The molecule has 11 heteroatoms. The van der Waals surface area contributed by atoms with Crippen molar-refractivity contribution < 1.29 is 13.6 Å². The van der Waals surface area contributed by atoms with Gasteiger partial charge in [-0.3, -0.25) is 19.9 Å². The largest absolute Gasteiger partial charge is 0.335 e. The smallest absolute Gasteiger partial charge is 0.228 e. The normalized spacial score (nSPS) is 11.3. The summed E-state index contributed by atoms with van der Waals surface area (Å²) in [7, 11) is 0. The lowest BCUT2D eigenvalue weighted by Gasteiger charge is -2.08. The summed E-state index contributed by atoms with van der Waals surface area (Å²) in [5.74, 6) is -0.889. The molecule has 3 N–H and O–H groups in total. The van der Waals surface area contributed by atoms with E-state index < -0.39 is 5.82 Å². The van der Waals surface area contributed by atoms with Crippen LogP contribution < -0.4 is 5.32 Å². The number of carbonyl (C=O) groups excluding carboxylic acids is 1. The van der Waals surface area contributed by atoms with E-state index in [9.17, 15) is 9.18 Å². The van der Waals surface area contributed by atoms with Crippen LogP contribution in [0.4, 0.5) is 14.5 Å². The van der Waals surface area contributed by atoms with E-state index in [4.69, 9.17) is 0 Å². The maximum absolute atomic E-state index is 16.1. The average molecular weight is 559 g/mol. The van der Waals surface area contributed by atoms with Crippen molar-refractivity contribution in [1.29, 1.82) is 0 Å². The highest BCUT2D eigenvalue weighted by Crippen LogP contribution is 2.34. The molecule has 9 nitrogen and oxygen atoms in total. The minimum absolute atomic E-state index is 0.0399. The minimum atomic E-state index is -0.627. The summed E-state index contributed by atoms with van der Waals surface area (Å²) in [6.07, 6.45) is 6.25. The molecule has 0 fully saturated rings. The predicted molar refractivity (Wildman–Crippen MR) is 154 cm³/mol. The van der Waals surface area contributed by atoms with Gasteiger partial charge in [-0.1, -0.05) is 42.5 Å². The second-order valence-electron chi connectivity index (χ2n) is 9.60. The zero-order valence-electron chi connectivity index (χ0n) is 21.8. The number of imidazole rings is 1. The van der Waals surface area contributed by atoms with Crippen molar-refractivity contribution in [2.75, 3.05) is 5.32 Å². The summed E-state index contributed by atoms with van der Waals surface area (Å²) in [6.45, 7) is 0. The Morgan fingerprint density at radius 3 is 2.55 bits per heavy atom. The number of aromatic amines is 2. The first-order chi connectivity index (χ1) is 20.5. The van der Waals surface area contributed by atoms with E-state index in [2.05, 4.69) is 40.4 Å². The van der Waals surface area contributed by atoms with Crippen molar-refractivity contribution in [2.45, 2.75) is 6.42 Å². The second kappa shape index (κ2) is 10.3. The Morgan fingerprint density at radius 1 is 0.881 bits per heavy atom. The van der Waals surface area contributed by atoms with E-state index in [1.807, 2.05) is 30.3 Å². The number of carbonyl (C=O) groups is 1. The lowest BCUT2D eigenvalue weighted by molar-refractivity contribution is -0.115. The van der Waals surface area contributed by atoms with Crippen LogP contribution >= 0.6 is 0 Å². The van der Waals surface area contributed by atoms with Gasteiger partial charge in [0.15, 0.2) is 17.3 Å². The Labute approximate surface area is 236 Å². The molecule has 42 heavy (non-hydrogen) atoms. The van der Waals surface area contributed by atoms with Gasteiger partial charge in [0.25, 0.3) is 0 Å². The molecule has 0 unspecified atom stereocenters. The number of anilines is 1. The number of hydrogen-bond acceptors (Lipinski definition) is 6. The first-order valence-electron chi connectivity index (χ1n) is 13.0. The number of hydrogen-bond donors (Lipinski definition) is 3. The number of nitrogens with zero attached hydrogens (tertiary/aromatic N) is 5. The number of aromatic nitrogens is 7. The fraction of sp³-hybridized carbons (Fsp3) is 0.0323. The van der Waals surface area contributed by atoms with Crippen molar-refractivity contribution >= 4 is 33.7 Å². The number of halogens is 2. The molecule has 5 aromatic heterocycles. The minimum Gasteiger partial charge on any atom is -0.335 e. The Kier molecular flexibility index (Phi) is 6.16. The second-order valence-corrected chi connectivity index (χ2v) is 9.60. The standard InChI is InChI=1S/C31H20F2N8O/c32-20-8-6-18(7-9-20)22-10-11-35-30-28(22)38-31(39-30)29-25-23(40-41-29)16-36-27(26(25)33)19-13-21(15-34-14-19)37-24(42)12-17-4-2-1-3-5-17/h1-11,13-16H,12H2,(H,37,42)(H,40,41)(H,35,38,39). The van der Waals surface area contributed by atoms with Crippen molar-refractivity contribution in [3.8, 4) is 33.9 Å². The lowest BCUT2D eigenvalue weighted by atomic mass is 10.1. The van der Waals surface area contributed by atoms with E-state index in [1.54, 1.807) is 30.5 Å². The molecule has 0 saturated heterocycles. The third kappa shape index (κ3) is 4.62. The molecule has 0 aliphatic heterocycles. The molecule has 0 aliphatic rings. The Hall–Kier alpha value is -5.84. The third-order valence-corrected chi connectivity index (χ3v) is 6.82. The van der Waals surface area contributed by atoms with Crippen LogP contribution in [0, 0.1) is 11.6 Å². The highest BCUT2D eigenvalue weighted by molar-refractivity contribution is 5.97. The Bertz CT molecular complexity index is 2090. The molecule has 0 atom stereocenters. The molecule has 1 amide bonds. The molecule has 0 spiro atoms. The molecule has 2 aromatic carbocycles. The van der Waals surface area contributed by atoms with Crippen LogP contribution in [-0.2, 0) is 11.2 Å². The molecular formula is C31H20F2N8O. The number of nitrogens with one attached hydrogen (secondary N) is 3. The Morgan fingerprint density at radius 2 is 1.71 bits per heavy atom. The first-order valence-corrected chi connectivity index (χ1v) is 13.0. The van der Waals surface area contributed by atoms with Gasteiger partial charge in [-0.15, -0.1) is 0 Å². The first kappa shape index (κ1) is 25.1. The maximum atomic E-state index is 16.1. The summed E-state index contributed by atoms with van der Waals surface area (Å²) in [5.41, 5.74) is 4.86. The van der Waals surface area contributed by atoms with Crippen LogP contribution in [0.5, 0.6) is 0 Å². The molecule has 0 radical (unpaired) electrons. The van der Waals surface area contributed by atoms with Gasteiger partial charge in [-0.25, -0.2) is 18.7 Å². The van der Waals surface area contributed by atoms with Gasteiger partial charge >= 0.3 is 0 Å². The highest BCUT2D eigenvalue weighted by atomic mass is 19.1. The van der Waals surface area contributed by atoms with Crippen molar-refractivity contribution in [2.24, 2.45) is 0 Å². The third-order valence-electron chi connectivity index (χ3n) is 6.82. The summed E-state index contributed by atoms with van der Waals surface area (Å²) in [4.78, 5) is 33.2. The molecule has 0 bridgehead atoms. The highest BCUT2D eigenvalue weighted by Gasteiger charge is 2.22. The zero-order valence-corrected chi connectivity index (χ0v) is 21.8. The molecular weight excluding hydrogens is 538 g/mol. The maximum Gasteiger partial charge on any atom is 0.228 e. The number of rotatable bonds is 6. The quantitative estimate of drug-likeness (QED) is 0.227. The topological polar surface area (TPSA) is 125 Å². The zero-order chi connectivity index (χ0) is 28.6. The van der Waals surface area contributed by atoms with Crippen LogP contribution in [0.15, 0.2) is 91.5 Å². The molecule has 0 aliphatic carbocycles. The Balaban J connectivity index is 1.24.